The molecule has 0 spiro atoms. The van der Waals surface area contributed by atoms with Crippen LogP contribution in [-0.2, 0) is 19.1 Å². The van der Waals surface area contributed by atoms with Crippen LogP contribution in [0.2, 0.25) is 0 Å². The quantitative estimate of drug-likeness (QED) is 0.793. The van der Waals surface area contributed by atoms with Crippen LogP contribution in [0.25, 0.3) is 10.9 Å². The number of carbonyl (C=O) groups is 2. The Morgan fingerprint density at radius 2 is 1.81 bits per heavy atom. The monoisotopic (exact) mass is 350 g/mol. The summed E-state index contributed by atoms with van der Waals surface area (Å²) in [6.07, 6.45) is 8.34. The Hall–Kier alpha value is -3.41. The molecular weight excluding hydrogens is 332 g/mol. The third kappa shape index (κ3) is 3.09. The number of carbonyl (C=O) groups excluding carboxylic acids is 2. The van der Waals surface area contributed by atoms with Gasteiger partial charge < -0.3 is 14.4 Å². The summed E-state index contributed by atoms with van der Waals surface area (Å²) in [7, 11) is 2.54. The van der Waals surface area contributed by atoms with Gasteiger partial charge in [-0.05, 0) is 42.8 Å². The maximum Gasteiger partial charge on any atom is 0.355 e. The minimum absolute atomic E-state index is 0.0800. The van der Waals surface area contributed by atoms with Crippen LogP contribution in [0.5, 0.6) is 0 Å². The van der Waals surface area contributed by atoms with Crippen LogP contribution in [-0.4, -0.2) is 31.1 Å². The molecule has 1 aliphatic rings. The molecule has 0 atom stereocenters. The zero-order valence-electron chi connectivity index (χ0n) is 14.7. The molecule has 6 nitrogen and oxygen atoms in total. The van der Waals surface area contributed by atoms with Gasteiger partial charge in [0.15, 0.2) is 0 Å². The molecule has 0 radical (unpaired) electrons. The Bertz CT molecular complexity index is 973. The van der Waals surface area contributed by atoms with E-state index in [2.05, 4.69) is 4.98 Å². The number of aryl methyl sites for hydroxylation is 1. The minimum atomic E-state index is -0.640. The van der Waals surface area contributed by atoms with Crippen molar-refractivity contribution in [3.8, 4) is 0 Å². The van der Waals surface area contributed by atoms with E-state index in [1.165, 1.54) is 20.3 Å². The smallest absolute Gasteiger partial charge is 0.355 e. The van der Waals surface area contributed by atoms with Crippen LogP contribution in [0.3, 0.4) is 0 Å². The molecule has 1 aromatic carbocycles. The number of fused-ring (bicyclic) bond motifs is 1. The summed E-state index contributed by atoms with van der Waals surface area (Å²) < 4.78 is 9.72. The molecule has 1 aromatic heterocycles. The predicted molar refractivity (Wildman–Crippen MR) is 98.3 cm³/mol. The fourth-order valence-corrected chi connectivity index (χ4v) is 2.79. The first kappa shape index (κ1) is 17.4. The zero-order valence-corrected chi connectivity index (χ0v) is 14.7. The van der Waals surface area contributed by atoms with Crippen molar-refractivity contribution in [1.29, 1.82) is 0 Å². The molecule has 0 unspecified atom stereocenters. The van der Waals surface area contributed by atoms with Crippen LogP contribution in [0.4, 0.5) is 5.69 Å². The van der Waals surface area contributed by atoms with Gasteiger partial charge in [0.2, 0.25) is 0 Å². The molecule has 0 fully saturated rings. The van der Waals surface area contributed by atoms with Gasteiger partial charge in [-0.1, -0.05) is 12.1 Å². The number of aromatic nitrogens is 1. The van der Waals surface area contributed by atoms with Gasteiger partial charge in [0.1, 0.15) is 5.70 Å². The normalized spacial score (nSPS) is 13.7. The number of allylic oxidation sites excluding steroid dienone is 2. The number of pyridine rings is 1. The van der Waals surface area contributed by atoms with Crippen molar-refractivity contribution in [3.63, 3.8) is 0 Å². The van der Waals surface area contributed by atoms with Gasteiger partial charge in [0.25, 0.3) is 0 Å². The molecule has 0 aliphatic carbocycles. The van der Waals surface area contributed by atoms with Gasteiger partial charge >= 0.3 is 11.9 Å². The molecular formula is C20H18N2O4. The Labute approximate surface area is 151 Å². The summed E-state index contributed by atoms with van der Waals surface area (Å²) >= 11 is 0. The fraction of sp³-hybridized carbons (Fsp3) is 0.150. The third-order valence-electron chi connectivity index (χ3n) is 4.11. The van der Waals surface area contributed by atoms with E-state index >= 15 is 0 Å². The number of hydrogen-bond acceptors (Lipinski definition) is 6. The lowest BCUT2D eigenvalue weighted by Gasteiger charge is -2.23. The molecule has 6 heteroatoms. The molecule has 26 heavy (non-hydrogen) atoms. The Morgan fingerprint density at radius 3 is 2.54 bits per heavy atom. The van der Waals surface area contributed by atoms with Gasteiger partial charge in [0.05, 0.1) is 25.3 Å². The number of hydrogen-bond donors (Lipinski definition) is 0. The summed E-state index contributed by atoms with van der Waals surface area (Å²) in [6, 6.07) is 7.60. The predicted octanol–water partition coefficient (Wildman–Crippen LogP) is 3.03. The molecule has 1 aliphatic heterocycles. The largest absolute Gasteiger partial charge is 0.465 e. The van der Waals surface area contributed by atoms with Crippen molar-refractivity contribution in [2.45, 2.75) is 6.92 Å². The topological polar surface area (TPSA) is 68.7 Å². The second-order valence-corrected chi connectivity index (χ2v) is 5.65. The van der Waals surface area contributed by atoms with Crippen LogP contribution in [0.15, 0.2) is 66.2 Å². The average molecular weight is 350 g/mol. The highest BCUT2D eigenvalue weighted by molar-refractivity contribution is 6.05. The van der Waals surface area contributed by atoms with Crippen molar-refractivity contribution >= 4 is 28.5 Å². The molecule has 2 heterocycles. The van der Waals surface area contributed by atoms with Crippen molar-refractivity contribution in [2.24, 2.45) is 0 Å². The van der Waals surface area contributed by atoms with E-state index in [9.17, 15) is 9.59 Å². The Morgan fingerprint density at radius 1 is 1.04 bits per heavy atom. The number of benzene rings is 1. The fourth-order valence-electron chi connectivity index (χ4n) is 2.79. The summed E-state index contributed by atoms with van der Waals surface area (Å²) in [5.74, 6) is -1.26. The van der Waals surface area contributed by atoms with E-state index in [4.69, 9.17) is 9.47 Å². The molecule has 0 amide bonds. The SMILES string of the molecule is COC(=O)C1=C(C(=O)OC)N(c2ccc3c(C)ccnc3c2)C=CC=C1. The van der Waals surface area contributed by atoms with Crippen molar-refractivity contribution < 1.29 is 19.1 Å². The van der Waals surface area contributed by atoms with E-state index in [1.807, 2.05) is 31.2 Å². The zero-order chi connectivity index (χ0) is 18.7. The molecule has 132 valence electrons. The molecule has 3 rings (SSSR count). The number of methoxy groups -OCH3 is 2. The standard InChI is InChI=1S/C20H18N2O4/c1-13-9-10-21-17-12-14(7-8-15(13)17)22-11-5-4-6-16(19(23)25-2)18(22)20(24)26-3/h4-12H,1-3H3. The van der Waals surface area contributed by atoms with Gasteiger partial charge in [-0.3, -0.25) is 4.98 Å². The summed E-state index contributed by atoms with van der Waals surface area (Å²) in [5, 5.41) is 1.02. The first-order chi connectivity index (χ1) is 12.6. The summed E-state index contributed by atoms with van der Waals surface area (Å²) in [4.78, 5) is 30.6. The molecule has 0 bridgehead atoms. The van der Waals surface area contributed by atoms with Crippen molar-refractivity contribution in [2.75, 3.05) is 19.1 Å². The molecule has 0 N–H and O–H groups in total. The molecule has 2 aromatic rings. The highest BCUT2D eigenvalue weighted by atomic mass is 16.5. The second kappa shape index (κ2) is 7.23. The number of esters is 2. The van der Waals surface area contributed by atoms with E-state index in [0.29, 0.717) is 5.69 Å². The van der Waals surface area contributed by atoms with Crippen LogP contribution in [0.1, 0.15) is 5.56 Å². The van der Waals surface area contributed by atoms with E-state index in [-0.39, 0.29) is 11.3 Å². The number of ether oxygens (including phenoxy) is 2. The van der Waals surface area contributed by atoms with Crippen LogP contribution < -0.4 is 4.90 Å². The lowest BCUT2D eigenvalue weighted by Crippen LogP contribution is -2.26. The first-order valence-electron chi connectivity index (χ1n) is 7.97. The van der Waals surface area contributed by atoms with E-state index < -0.39 is 11.9 Å². The van der Waals surface area contributed by atoms with Gasteiger partial charge in [0, 0.05) is 23.5 Å². The van der Waals surface area contributed by atoms with Gasteiger partial charge in [-0.2, -0.15) is 0 Å². The summed E-state index contributed by atoms with van der Waals surface area (Å²) in [5.41, 5.74) is 2.76. The van der Waals surface area contributed by atoms with Gasteiger partial charge in [-0.15, -0.1) is 0 Å². The molecule has 0 saturated carbocycles. The highest BCUT2D eigenvalue weighted by Gasteiger charge is 2.27. The van der Waals surface area contributed by atoms with Crippen LogP contribution in [0, 0.1) is 6.92 Å². The Balaban J connectivity index is 2.20. The maximum atomic E-state index is 12.4. The highest BCUT2D eigenvalue weighted by Crippen LogP contribution is 2.29. The van der Waals surface area contributed by atoms with E-state index in [1.54, 1.807) is 29.4 Å². The number of nitrogens with zero attached hydrogens (tertiary/aromatic N) is 2. The van der Waals surface area contributed by atoms with Crippen LogP contribution >= 0.6 is 0 Å². The summed E-state index contributed by atoms with van der Waals surface area (Å²) in [6.45, 7) is 2.01. The Kier molecular flexibility index (Phi) is 4.84. The number of rotatable bonds is 3. The molecule has 0 saturated heterocycles. The lowest BCUT2D eigenvalue weighted by atomic mass is 10.1. The average Bonchev–Trinajstić information content (AvgIpc) is 2.89. The van der Waals surface area contributed by atoms with Crippen molar-refractivity contribution in [3.05, 3.63) is 71.7 Å². The third-order valence-corrected chi connectivity index (χ3v) is 4.11. The number of anilines is 1. The minimum Gasteiger partial charge on any atom is -0.465 e. The first-order valence-corrected chi connectivity index (χ1v) is 7.97. The van der Waals surface area contributed by atoms with Gasteiger partial charge in [-0.25, -0.2) is 9.59 Å². The lowest BCUT2D eigenvalue weighted by molar-refractivity contribution is -0.139. The maximum absolute atomic E-state index is 12.4. The van der Waals surface area contributed by atoms with E-state index in [0.717, 1.165) is 16.5 Å². The second-order valence-electron chi connectivity index (χ2n) is 5.65. The van der Waals surface area contributed by atoms with Crippen molar-refractivity contribution in [1.82, 2.24) is 4.98 Å².